The van der Waals surface area contributed by atoms with Crippen molar-refractivity contribution in [2.24, 2.45) is 0 Å². The SMILES string of the molecule is C=Cc1ccsc1-c1[nH]c2cc(C(=O)O)ccc2c1C1CCCCC1. The number of carboxylic acids is 1. The number of hydrogen-bond donors (Lipinski definition) is 2. The number of nitrogens with one attached hydrogen (secondary N) is 1. The fourth-order valence-corrected chi connectivity index (χ4v) is 4.95. The first-order chi connectivity index (χ1) is 12.2. The van der Waals surface area contributed by atoms with Gasteiger partial charge in [0, 0.05) is 10.9 Å². The maximum atomic E-state index is 11.3. The summed E-state index contributed by atoms with van der Waals surface area (Å²) in [7, 11) is 0. The fourth-order valence-electron chi connectivity index (χ4n) is 4.03. The van der Waals surface area contributed by atoms with Gasteiger partial charge >= 0.3 is 5.97 Å². The van der Waals surface area contributed by atoms with Crippen LogP contribution in [0.4, 0.5) is 0 Å². The zero-order valence-electron chi connectivity index (χ0n) is 14.0. The van der Waals surface area contributed by atoms with Gasteiger partial charge in [-0.05, 0) is 53.5 Å². The summed E-state index contributed by atoms with van der Waals surface area (Å²) in [6.45, 7) is 3.94. The Kier molecular flexibility index (Phi) is 4.22. The molecule has 2 aromatic heterocycles. The number of aromatic amines is 1. The number of aromatic nitrogens is 1. The van der Waals surface area contributed by atoms with Gasteiger partial charge in [-0.15, -0.1) is 11.3 Å². The van der Waals surface area contributed by atoms with Crippen molar-refractivity contribution in [1.29, 1.82) is 0 Å². The molecule has 1 saturated carbocycles. The molecule has 1 aliphatic carbocycles. The van der Waals surface area contributed by atoms with Gasteiger partial charge in [0.25, 0.3) is 0 Å². The smallest absolute Gasteiger partial charge is 0.335 e. The second-order valence-corrected chi connectivity index (χ2v) is 7.64. The van der Waals surface area contributed by atoms with E-state index in [4.69, 9.17) is 0 Å². The Morgan fingerprint density at radius 3 is 2.76 bits per heavy atom. The third-order valence-electron chi connectivity index (χ3n) is 5.24. The van der Waals surface area contributed by atoms with E-state index in [0.29, 0.717) is 11.5 Å². The van der Waals surface area contributed by atoms with Gasteiger partial charge in [0.15, 0.2) is 0 Å². The van der Waals surface area contributed by atoms with Crippen molar-refractivity contribution < 1.29 is 9.90 Å². The molecule has 0 atom stereocenters. The third-order valence-corrected chi connectivity index (χ3v) is 6.19. The first-order valence-corrected chi connectivity index (χ1v) is 9.66. The summed E-state index contributed by atoms with van der Waals surface area (Å²) >= 11 is 1.71. The highest BCUT2D eigenvalue weighted by Gasteiger charge is 2.25. The second-order valence-electron chi connectivity index (χ2n) is 6.72. The van der Waals surface area contributed by atoms with Crippen LogP contribution in [0.1, 0.15) is 59.5 Å². The zero-order valence-corrected chi connectivity index (χ0v) is 14.9. The summed E-state index contributed by atoms with van der Waals surface area (Å²) in [5.41, 5.74) is 4.88. The lowest BCUT2D eigenvalue weighted by Crippen LogP contribution is -2.05. The highest BCUT2D eigenvalue weighted by molar-refractivity contribution is 7.13. The summed E-state index contributed by atoms with van der Waals surface area (Å²) < 4.78 is 0. The Labute approximate surface area is 151 Å². The van der Waals surface area contributed by atoms with Crippen molar-refractivity contribution in [3.05, 3.63) is 52.9 Å². The van der Waals surface area contributed by atoms with Gasteiger partial charge < -0.3 is 10.1 Å². The van der Waals surface area contributed by atoms with E-state index in [1.165, 1.54) is 42.5 Å². The van der Waals surface area contributed by atoms with E-state index in [1.54, 1.807) is 23.5 Å². The average molecular weight is 351 g/mol. The minimum atomic E-state index is -0.889. The molecule has 0 saturated heterocycles. The van der Waals surface area contributed by atoms with Crippen LogP contribution in [0, 0.1) is 0 Å². The lowest BCUT2D eigenvalue weighted by Gasteiger charge is -2.23. The van der Waals surface area contributed by atoms with Gasteiger partial charge in [0.1, 0.15) is 0 Å². The predicted molar refractivity (Wildman–Crippen MR) is 104 cm³/mol. The molecule has 1 fully saturated rings. The van der Waals surface area contributed by atoms with Crippen LogP contribution in [0.25, 0.3) is 27.6 Å². The molecule has 1 aliphatic rings. The summed E-state index contributed by atoms with van der Waals surface area (Å²) in [6, 6.07) is 7.54. The van der Waals surface area contributed by atoms with Crippen LogP contribution in [0.15, 0.2) is 36.2 Å². The number of rotatable bonds is 4. The molecule has 25 heavy (non-hydrogen) atoms. The molecular formula is C21H21NO2S. The van der Waals surface area contributed by atoms with Crippen molar-refractivity contribution in [1.82, 2.24) is 4.98 Å². The Hall–Kier alpha value is -2.33. The number of benzene rings is 1. The van der Waals surface area contributed by atoms with E-state index in [9.17, 15) is 9.90 Å². The maximum absolute atomic E-state index is 11.3. The van der Waals surface area contributed by atoms with E-state index < -0.39 is 5.97 Å². The van der Waals surface area contributed by atoms with Crippen molar-refractivity contribution >= 4 is 34.3 Å². The van der Waals surface area contributed by atoms with Crippen LogP contribution in [-0.2, 0) is 0 Å². The number of thiophene rings is 1. The predicted octanol–water partition coefficient (Wildman–Crippen LogP) is 6.29. The number of aromatic carboxylic acids is 1. The number of fused-ring (bicyclic) bond motifs is 1. The second kappa shape index (κ2) is 6.52. The molecule has 0 aliphatic heterocycles. The van der Waals surface area contributed by atoms with Crippen LogP contribution in [0.2, 0.25) is 0 Å². The van der Waals surface area contributed by atoms with E-state index in [0.717, 1.165) is 22.2 Å². The molecule has 2 heterocycles. The largest absolute Gasteiger partial charge is 0.478 e. The number of hydrogen-bond acceptors (Lipinski definition) is 2. The van der Waals surface area contributed by atoms with Crippen molar-refractivity contribution in [3.8, 4) is 10.6 Å². The summed E-state index contributed by atoms with van der Waals surface area (Å²) in [5, 5.41) is 12.6. The minimum absolute atomic E-state index is 0.325. The van der Waals surface area contributed by atoms with E-state index in [1.807, 2.05) is 12.1 Å². The van der Waals surface area contributed by atoms with Crippen molar-refractivity contribution in [2.45, 2.75) is 38.0 Å². The standard InChI is InChI=1S/C21H21NO2S/c1-2-13-10-11-25-20(13)19-18(14-6-4-3-5-7-14)16-9-8-15(21(23)24)12-17(16)22-19/h2,8-12,14,22H,1,3-7H2,(H,23,24). The highest BCUT2D eigenvalue weighted by atomic mass is 32.1. The number of carboxylic acid groups (broad SMARTS) is 1. The minimum Gasteiger partial charge on any atom is -0.478 e. The van der Waals surface area contributed by atoms with E-state index in [2.05, 4.69) is 23.0 Å². The monoisotopic (exact) mass is 351 g/mol. The Bertz CT molecular complexity index is 944. The quantitative estimate of drug-likeness (QED) is 0.581. The molecule has 0 spiro atoms. The number of carbonyl (C=O) groups is 1. The maximum Gasteiger partial charge on any atom is 0.335 e. The molecule has 4 heteroatoms. The lowest BCUT2D eigenvalue weighted by atomic mass is 9.82. The van der Waals surface area contributed by atoms with Gasteiger partial charge in [-0.3, -0.25) is 0 Å². The lowest BCUT2D eigenvalue weighted by molar-refractivity contribution is 0.0697. The van der Waals surface area contributed by atoms with Gasteiger partial charge in [0.2, 0.25) is 0 Å². The average Bonchev–Trinajstić information content (AvgIpc) is 3.25. The zero-order chi connectivity index (χ0) is 17.4. The van der Waals surface area contributed by atoms with E-state index >= 15 is 0 Å². The van der Waals surface area contributed by atoms with Crippen LogP contribution in [-0.4, -0.2) is 16.1 Å². The van der Waals surface area contributed by atoms with Gasteiger partial charge in [-0.1, -0.05) is 38.0 Å². The van der Waals surface area contributed by atoms with Crippen molar-refractivity contribution in [2.75, 3.05) is 0 Å². The molecule has 3 aromatic rings. The van der Waals surface area contributed by atoms with Gasteiger partial charge in [0.05, 0.1) is 16.1 Å². The van der Waals surface area contributed by atoms with Gasteiger partial charge in [-0.25, -0.2) is 4.79 Å². The Balaban J connectivity index is 1.95. The van der Waals surface area contributed by atoms with Crippen LogP contribution >= 0.6 is 11.3 Å². The fraction of sp³-hybridized carbons (Fsp3) is 0.286. The molecule has 4 rings (SSSR count). The Morgan fingerprint density at radius 1 is 1.24 bits per heavy atom. The molecule has 0 unspecified atom stereocenters. The summed E-state index contributed by atoms with van der Waals surface area (Å²) in [4.78, 5) is 16.1. The molecule has 0 radical (unpaired) electrons. The normalized spacial score (nSPS) is 15.5. The van der Waals surface area contributed by atoms with Gasteiger partial charge in [-0.2, -0.15) is 0 Å². The van der Waals surface area contributed by atoms with Crippen LogP contribution in [0.5, 0.6) is 0 Å². The molecule has 2 N–H and O–H groups in total. The summed E-state index contributed by atoms with van der Waals surface area (Å²) in [6.07, 6.45) is 8.15. The number of H-pyrrole nitrogens is 1. The van der Waals surface area contributed by atoms with Crippen LogP contribution in [0.3, 0.4) is 0 Å². The topological polar surface area (TPSA) is 53.1 Å². The van der Waals surface area contributed by atoms with E-state index in [-0.39, 0.29) is 0 Å². The third kappa shape index (κ3) is 2.81. The van der Waals surface area contributed by atoms with Crippen molar-refractivity contribution in [3.63, 3.8) is 0 Å². The highest BCUT2D eigenvalue weighted by Crippen LogP contribution is 2.44. The Morgan fingerprint density at radius 2 is 2.04 bits per heavy atom. The first-order valence-electron chi connectivity index (χ1n) is 8.78. The molecule has 1 aromatic carbocycles. The first kappa shape index (κ1) is 16.2. The molecule has 3 nitrogen and oxygen atoms in total. The molecule has 0 bridgehead atoms. The molecular weight excluding hydrogens is 330 g/mol. The summed E-state index contributed by atoms with van der Waals surface area (Å²) in [5.74, 6) is -0.354. The molecule has 128 valence electrons. The van der Waals surface area contributed by atoms with Crippen LogP contribution < -0.4 is 0 Å². The molecule has 0 amide bonds.